The standard InChI is InChI=1S/C11H17N3/c1-4-9(2)13-7-10-5-11(6-12)14(3)8-10/h5,8-9,13H,4,7H2,1-3H3. The van der Waals surface area contributed by atoms with Crippen LogP contribution in [0.4, 0.5) is 0 Å². The van der Waals surface area contributed by atoms with Crippen molar-refractivity contribution in [2.75, 3.05) is 0 Å². The molecule has 3 heteroatoms. The molecule has 0 radical (unpaired) electrons. The van der Waals surface area contributed by atoms with Gasteiger partial charge in [-0.15, -0.1) is 0 Å². The third-order valence-electron chi connectivity index (χ3n) is 2.44. The summed E-state index contributed by atoms with van der Waals surface area (Å²) in [5.74, 6) is 0. The van der Waals surface area contributed by atoms with E-state index in [0.717, 1.165) is 13.0 Å². The summed E-state index contributed by atoms with van der Waals surface area (Å²) >= 11 is 0. The number of nitrogens with one attached hydrogen (secondary N) is 1. The molecule has 76 valence electrons. The summed E-state index contributed by atoms with van der Waals surface area (Å²) in [5, 5.41) is 12.2. The Morgan fingerprint density at radius 2 is 2.36 bits per heavy atom. The minimum absolute atomic E-state index is 0.528. The van der Waals surface area contributed by atoms with Gasteiger partial charge in [-0.1, -0.05) is 6.92 Å². The van der Waals surface area contributed by atoms with Gasteiger partial charge in [-0.25, -0.2) is 0 Å². The average Bonchev–Trinajstić information content (AvgIpc) is 2.55. The molecular formula is C11H17N3. The van der Waals surface area contributed by atoms with Gasteiger partial charge in [0.1, 0.15) is 11.8 Å². The molecule has 1 aromatic rings. The quantitative estimate of drug-likeness (QED) is 0.788. The Morgan fingerprint density at radius 1 is 1.64 bits per heavy atom. The second-order valence-corrected chi connectivity index (χ2v) is 3.65. The van der Waals surface area contributed by atoms with Crippen molar-refractivity contribution in [2.24, 2.45) is 7.05 Å². The lowest BCUT2D eigenvalue weighted by Crippen LogP contribution is -2.24. The molecule has 0 amide bonds. The maximum atomic E-state index is 8.76. The van der Waals surface area contributed by atoms with Crippen molar-refractivity contribution in [2.45, 2.75) is 32.9 Å². The molecule has 0 saturated heterocycles. The van der Waals surface area contributed by atoms with Crippen molar-refractivity contribution in [3.8, 4) is 6.07 Å². The van der Waals surface area contributed by atoms with E-state index in [1.807, 2.05) is 23.9 Å². The van der Waals surface area contributed by atoms with Crippen LogP contribution in [0.5, 0.6) is 0 Å². The van der Waals surface area contributed by atoms with E-state index in [-0.39, 0.29) is 0 Å². The Balaban J connectivity index is 2.56. The normalized spacial score (nSPS) is 12.4. The molecule has 3 nitrogen and oxygen atoms in total. The number of nitriles is 1. The first-order chi connectivity index (χ1) is 6.67. The highest BCUT2D eigenvalue weighted by Crippen LogP contribution is 2.06. The van der Waals surface area contributed by atoms with E-state index in [1.54, 1.807) is 0 Å². The van der Waals surface area contributed by atoms with Gasteiger partial charge in [-0.2, -0.15) is 5.26 Å². The molecule has 1 rings (SSSR count). The molecule has 0 saturated carbocycles. The summed E-state index contributed by atoms with van der Waals surface area (Å²) in [6.07, 6.45) is 3.12. The van der Waals surface area contributed by atoms with E-state index in [2.05, 4.69) is 25.2 Å². The van der Waals surface area contributed by atoms with Gasteiger partial charge in [0, 0.05) is 25.8 Å². The maximum absolute atomic E-state index is 8.76. The van der Waals surface area contributed by atoms with Gasteiger partial charge in [-0.05, 0) is 25.0 Å². The molecule has 1 N–H and O–H groups in total. The molecule has 1 atom stereocenters. The van der Waals surface area contributed by atoms with Crippen LogP contribution in [0.25, 0.3) is 0 Å². The van der Waals surface area contributed by atoms with Crippen LogP contribution in [0.3, 0.4) is 0 Å². The van der Waals surface area contributed by atoms with Crippen LogP contribution in [0.1, 0.15) is 31.5 Å². The van der Waals surface area contributed by atoms with Gasteiger partial charge in [0.2, 0.25) is 0 Å². The lowest BCUT2D eigenvalue weighted by atomic mass is 10.2. The zero-order chi connectivity index (χ0) is 10.6. The lowest BCUT2D eigenvalue weighted by Gasteiger charge is -2.09. The average molecular weight is 191 g/mol. The first kappa shape index (κ1) is 10.8. The number of rotatable bonds is 4. The van der Waals surface area contributed by atoms with Gasteiger partial charge >= 0.3 is 0 Å². The van der Waals surface area contributed by atoms with E-state index in [0.29, 0.717) is 11.7 Å². The molecule has 0 aliphatic rings. The summed E-state index contributed by atoms with van der Waals surface area (Å²) < 4.78 is 1.85. The van der Waals surface area contributed by atoms with Gasteiger partial charge in [0.05, 0.1) is 0 Å². The first-order valence-corrected chi connectivity index (χ1v) is 4.96. The van der Waals surface area contributed by atoms with Crippen molar-refractivity contribution in [3.05, 3.63) is 23.5 Å². The molecule has 0 spiro atoms. The number of aryl methyl sites for hydroxylation is 1. The molecule has 1 unspecified atom stereocenters. The zero-order valence-electron chi connectivity index (χ0n) is 9.04. The Hall–Kier alpha value is -1.27. The molecule has 0 bridgehead atoms. The van der Waals surface area contributed by atoms with Crippen molar-refractivity contribution in [3.63, 3.8) is 0 Å². The van der Waals surface area contributed by atoms with Gasteiger partial charge in [0.25, 0.3) is 0 Å². The Bertz CT molecular complexity index is 333. The Kier molecular flexibility index (Phi) is 3.73. The fraction of sp³-hybridized carbons (Fsp3) is 0.545. The molecule has 0 aromatic carbocycles. The summed E-state index contributed by atoms with van der Waals surface area (Å²) in [5.41, 5.74) is 1.88. The molecule has 1 heterocycles. The summed E-state index contributed by atoms with van der Waals surface area (Å²) in [6.45, 7) is 5.15. The number of hydrogen-bond acceptors (Lipinski definition) is 2. The predicted octanol–water partition coefficient (Wildman–Crippen LogP) is 1.78. The highest BCUT2D eigenvalue weighted by molar-refractivity contribution is 5.28. The molecule has 0 fully saturated rings. The summed E-state index contributed by atoms with van der Waals surface area (Å²) in [4.78, 5) is 0. The molecule has 14 heavy (non-hydrogen) atoms. The van der Waals surface area contributed by atoms with Gasteiger partial charge in [-0.3, -0.25) is 0 Å². The highest BCUT2D eigenvalue weighted by Gasteiger charge is 2.03. The highest BCUT2D eigenvalue weighted by atomic mass is 14.9. The topological polar surface area (TPSA) is 40.8 Å². The maximum Gasteiger partial charge on any atom is 0.120 e. The smallest absolute Gasteiger partial charge is 0.120 e. The second-order valence-electron chi connectivity index (χ2n) is 3.65. The lowest BCUT2D eigenvalue weighted by molar-refractivity contribution is 0.534. The summed E-state index contributed by atoms with van der Waals surface area (Å²) in [6, 6.07) is 4.61. The van der Waals surface area contributed by atoms with Crippen LogP contribution in [0, 0.1) is 11.3 Å². The molecular weight excluding hydrogens is 174 g/mol. The van der Waals surface area contributed by atoms with Crippen molar-refractivity contribution < 1.29 is 0 Å². The van der Waals surface area contributed by atoms with E-state index in [1.165, 1.54) is 5.56 Å². The van der Waals surface area contributed by atoms with Crippen LogP contribution in [-0.4, -0.2) is 10.6 Å². The predicted molar refractivity (Wildman–Crippen MR) is 56.7 cm³/mol. The largest absolute Gasteiger partial charge is 0.342 e. The SMILES string of the molecule is CCC(C)NCc1cc(C#N)n(C)c1. The molecule has 1 aromatic heterocycles. The molecule has 0 aliphatic carbocycles. The van der Waals surface area contributed by atoms with Crippen molar-refractivity contribution >= 4 is 0 Å². The van der Waals surface area contributed by atoms with Gasteiger partial charge in [0.15, 0.2) is 0 Å². The van der Waals surface area contributed by atoms with Crippen LogP contribution in [-0.2, 0) is 13.6 Å². The third kappa shape index (κ3) is 2.61. The second kappa shape index (κ2) is 4.83. The number of aromatic nitrogens is 1. The van der Waals surface area contributed by atoms with Crippen molar-refractivity contribution in [1.82, 2.24) is 9.88 Å². The Morgan fingerprint density at radius 3 is 2.86 bits per heavy atom. The fourth-order valence-electron chi connectivity index (χ4n) is 1.28. The monoisotopic (exact) mass is 191 g/mol. The van der Waals surface area contributed by atoms with E-state index in [4.69, 9.17) is 5.26 Å². The van der Waals surface area contributed by atoms with Crippen LogP contribution >= 0.6 is 0 Å². The van der Waals surface area contributed by atoms with Crippen LogP contribution in [0.15, 0.2) is 12.3 Å². The van der Waals surface area contributed by atoms with Crippen LogP contribution in [0.2, 0.25) is 0 Å². The zero-order valence-corrected chi connectivity index (χ0v) is 9.04. The number of hydrogen-bond donors (Lipinski definition) is 1. The number of nitrogens with zero attached hydrogens (tertiary/aromatic N) is 2. The molecule has 0 aliphatic heterocycles. The Labute approximate surface area is 85.3 Å². The fourth-order valence-corrected chi connectivity index (χ4v) is 1.28. The minimum atomic E-state index is 0.528. The van der Waals surface area contributed by atoms with Gasteiger partial charge < -0.3 is 9.88 Å². The van der Waals surface area contributed by atoms with Crippen molar-refractivity contribution in [1.29, 1.82) is 5.26 Å². The van der Waals surface area contributed by atoms with E-state index >= 15 is 0 Å². The van der Waals surface area contributed by atoms with Crippen LogP contribution < -0.4 is 5.32 Å². The summed E-state index contributed by atoms with van der Waals surface area (Å²) in [7, 11) is 1.89. The van der Waals surface area contributed by atoms with E-state index < -0.39 is 0 Å². The minimum Gasteiger partial charge on any atom is -0.342 e. The van der Waals surface area contributed by atoms with E-state index in [9.17, 15) is 0 Å². The third-order valence-corrected chi connectivity index (χ3v) is 2.44. The first-order valence-electron chi connectivity index (χ1n) is 4.96.